The van der Waals surface area contributed by atoms with E-state index in [-0.39, 0.29) is 24.2 Å². The van der Waals surface area contributed by atoms with Crippen molar-refractivity contribution >= 4 is 11.9 Å². The van der Waals surface area contributed by atoms with Gasteiger partial charge in [-0.1, -0.05) is 13.8 Å². The van der Waals surface area contributed by atoms with Crippen molar-refractivity contribution in [2.45, 2.75) is 33.1 Å². The lowest BCUT2D eigenvalue weighted by Gasteiger charge is -2.11. The molecule has 0 aliphatic heterocycles. The largest absolute Gasteiger partial charge is 0.481 e. The Morgan fingerprint density at radius 3 is 2.60 bits per heavy atom. The van der Waals surface area contributed by atoms with Crippen molar-refractivity contribution in [3.63, 3.8) is 0 Å². The SMILES string of the molecule is CC(CCC(=O)O)CNC(=O)C1CC1C. The van der Waals surface area contributed by atoms with Crippen molar-refractivity contribution in [3.8, 4) is 0 Å². The van der Waals surface area contributed by atoms with Crippen molar-refractivity contribution in [1.82, 2.24) is 5.32 Å². The summed E-state index contributed by atoms with van der Waals surface area (Å²) in [6.07, 6.45) is 1.79. The van der Waals surface area contributed by atoms with Gasteiger partial charge in [-0.25, -0.2) is 0 Å². The highest BCUT2D eigenvalue weighted by Crippen LogP contribution is 2.37. The second-order valence-electron chi connectivity index (χ2n) is 4.60. The summed E-state index contributed by atoms with van der Waals surface area (Å²) in [6, 6.07) is 0. The van der Waals surface area contributed by atoms with Crippen molar-refractivity contribution in [2.75, 3.05) is 6.54 Å². The number of hydrogen-bond acceptors (Lipinski definition) is 2. The van der Waals surface area contributed by atoms with E-state index in [1.807, 2.05) is 6.92 Å². The summed E-state index contributed by atoms with van der Waals surface area (Å²) in [5.41, 5.74) is 0. The molecule has 0 aromatic rings. The van der Waals surface area contributed by atoms with Crippen LogP contribution in [-0.4, -0.2) is 23.5 Å². The second kappa shape index (κ2) is 5.14. The van der Waals surface area contributed by atoms with E-state index in [4.69, 9.17) is 5.11 Å². The summed E-state index contributed by atoms with van der Waals surface area (Å²) < 4.78 is 0. The first kappa shape index (κ1) is 12.0. The number of hydrogen-bond donors (Lipinski definition) is 2. The highest BCUT2D eigenvalue weighted by atomic mass is 16.4. The number of carbonyl (C=O) groups is 2. The number of carboxylic acids is 1. The van der Waals surface area contributed by atoms with Gasteiger partial charge in [0.25, 0.3) is 0 Å². The molecule has 0 aromatic heterocycles. The van der Waals surface area contributed by atoms with Gasteiger partial charge in [0.2, 0.25) is 5.91 Å². The van der Waals surface area contributed by atoms with E-state index >= 15 is 0 Å². The summed E-state index contributed by atoms with van der Waals surface area (Å²) in [5, 5.41) is 11.4. The molecule has 0 bridgehead atoms. The Balaban J connectivity index is 2.08. The molecule has 0 saturated heterocycles. The topological polar surface area (TPSA) is 66.4 Å². The fraction of sp³-hybridized carbons (Fsp3) is 0.818. The van der Waals surface area contributed by atoms with Gasteiger partial charge in [-0.15, -0.1) is 0 Å². The van der Waals surface area contributed by atoms with Crippen LogP contribution in [0.5, 0.6) is 0 Å². The van der Waals surface area contributed by atoms with E-state index in [0.717, 1.165) is 6.42 Å². The molecule has 1 saturated carbocycles. The monoisotopic (exact) mass is 213 g/mol. The van der Waals surface area contributed by atoms with Crippen LogP contribution in [0.2, 0.25) is 0 Å². The van der Waals surface area contributed by atoms with Crippen LogP contribution in [-0.2, 0) is 9.59 Å². The van der Waals surface area contributed by atoms with Crippen LogP contribution in [0, 0.1) is 17.8 Å². The van der Waals surface area contributed by atoms with Crippen LogP contribution < -0.4 is 5.32 Å². The van der Waals surface area contributed by atoms with Crippen LogP contribution in [0.3, 0.4) is 0 Å². The maximum atomic E-state index is 11.4. The Hall–Kier alpha value is -1.06. The Kier molecular flexibility index (Phi) is 4.12. The van der Waals surface area contributed by atoms with Crippen LogP contribution in [0.25, 0.3) is 0 Å². The number of rotatable bonds is 6. The molecule has 0 radical (unpaired) electrons. The molecule has 0 spiro atoms. The standard InChI is InChI=1S/C11H19NO3/c1-7(3-4-10(13)14)6-12-11(15)9-5-8(9)2/h7-9H,3-6H2,1-2H3,(H,12,15)(H,13,14). The Labute approximate surface area is 90.0 Å². The molecule has 0 heterocycles. The van der Waals surface area contributed by atoms with Crippen LogP contribution in [0.1, 0.15) is 33.1 Å². The summed E-state index contributed by atoms with van der Waals surface area (Å²) in [7, 11) is 0. The van der Waals surface area contributed by atoms with E-state index in [0.29, 0.717) is 18.9 Å². The maximum Gasteiger partial charge on any atom is 0.303 e. The fourth-order valence-electron chi connectivity index (χ4n) is 1.57. The molecule has 1 aliphatic carbocycles. The zero-order valence-corrected chi connectivity index (χ0v) is 9.32. The minimum atomic E-state index is -0.774. The minimum absolute atomic E-state index is 0.129. The zero-order valence-electron chi connectivity index (χ0n) is 9.32. The quantitative estimate of drug-likeness (QED) is 0.698. The fourth-order valence-corrected chi connectivity index (χ4v) is 1.57. The van der Waals surface area contributed by atoms with Crippen molar-refractivity contribution in [3.05, 3.63) is 0 Å². The van der Waals surface area contributed by atoms with Gasteiger partial charge in [-0.2, -0.15) is 0 Å². The number of amides is 1. The predicted molar refractivity (Wildman–Crippen MR) is 56.3 cm³/mol. The lowest BCUT2D eigenvalue weighted by Crippen LogP contribution is -2.30. The molecule has 1 amide bonds. The van der Waals surface area contributed by atoms with Crippen molar-refractivity contribution in [2.24, 2.45) is 17.8 Å². The number of carboxylic acid groups (broad SMARTS) is 1. The lowest BCUT2D eigenvalue weighted by molar-refractivity contribution is -0.137. The van der Waals surface area contributed by atoms with Crippen LogP contribution in [0.4, 0.5) is 0 Å². The first-order valence-corrected chi connectivity index (χ1v) is 5.50. The van der Waals surface area contributed by atoms with Crippen molar-refractivity contribution in [1.29, 1.82) is 0 Å². The van der Waals surface area contributed by atoms with E-state index in [2.05, 4.69) is 12.2 Å². The van der Waals surface area contributed by atoms with E-state index in [1.54, 1.807) is 0 Å². The smallest absolute Gasteiger partial charge is 0.303 e. The molecule has 1 aliphatic rings. The third kappa shape index (κ3) is 4.32. The number of carbonyl (C=O) groups excluding carboxylic acids is 1. The third-order valence-electron chi connectivity index (χ3n) is 2.92. The first-order chi connectivity index (χ1) is 7.00. The predicted octanol–water partition coefficient (Wildman–Crippen LogP) is 1.26. The molecule has 1 fully saturated rings. The Morgan fingerprint density at radius 1 is 1.53 bits per heavy atom. The lowest BCUT2D eigenvalue weighted by atomic mass is 10.1. The van der Waals surface area contributed by atoms with Gasteiger partial charge in [0.15, 0.2) is 0 Å². The van der Waals surface area contributed by atoms with Gasteiger partial charge in [-0.05, 0) is 24.7 Å². The highest BCUT2D eigenvalue weighted by molar-refractivity contribution is 5.81. The van der Waals surface area contributed by atoms with E-state index in [9.17, 15) is 9.59 Å². The Morgan fingerprint density at radius 2 is 2.13 bits per heavy atom. The molecule has 86 valence electrons. The normalized spacial score (nSPS) is 25.7. The molecule has 4 nitrogen and oxygen atoms in total. The van der Waals surface area contributed by atoms with Gasteiger partial charge in [0, 0.05) is 18.9 Å². The average Bonchev–Trinajstić information content (AvgIpc) is 2.88. The van der Waals surface area contributed by atoms with E-state index < -0.39 is 5.97 Å². The molecular formula is C11H19NO3. The summed E-state index contributed by atoms with van der Waals surface area (Å²) in [6.45, 7) is 4.62. The zero-order chi connectivity index (χ0) is 11.4. The maximum absolute atomic E-state index is 11.4. The minimum Gasteiger partial charge on any atom is -0.481 e. The van der Waals surface area contributed by atoms with Crippen LogP contribution >= 0.6 is 0 Å². The van der Waals surface area contributed by atoms with Gasteiger partial charge >= 0.3 is 5.97 Å². The molecule has 0 aromatic carbocycles. The van der Waals surface area contributed by atoms with Crippen molar-refractivity contribution < 1.29 is 14.7 Å². The summed E-state index contributed by atoms with van der Waals surface area (Å²) in [5.74, 6) is 0.323. The first-order valence-electron chi connectivity index (χ1n) is 5.50. The molecule has 1 rings (SSSR count). The van der Waals surface area contributed by atoms with E-state index in [1.165, 1.54) is 0 Å². The Bertz CT molecular complexity index is 252. The molecular weight excluding hydrogens is 194 g/mol. The van der Waals surface area contributed by atoms with Crippen LogP contribution in [0.15, 0.2) is 0 Å². The molecule has 3 atom stereocenters. The molecule has 4 heteroatoms. The molecule has 2 N–H and O–H groups in total. The highest BCUT2D eigenvalue weighted by Gasteiger charge is 2.38. The second-order valence-corrected chi connectivity index (χ2v) is 4.60. The van der Waals surface area contributed by atoms with Gasteiger partial charge in [0.05, 0.1) is 0 Å². The van der Waals surface area contributed by atoms with Gasteiger partial charge in [-0.3, -0.25) is 9.59 Å². The third-order valence-corrected chi connectivity index (χ3v) is 2.92. The number of aliphatic carboxylic acids is 1. The average molecular weight is 213 g/mol. The summed E-state index contributed by atoms with van der Waals surface area (Å²) in [4.78, 5) is 21.7. The molecule has 3 unspecified atom stereocenters. The van der Waals surface area contributed by atoms with Gasteiger partial charge < -0.3 is 10.4 Å². The molecule has 15 heavy (non-hydrogen) atoms. The van der Waals surface area contributed by atoms with Gasteiger partial charge in [0.1, 0.15) is 0 Å². The number of nitrogens with one attached hydrogen (secondary N) is 1. The summed E-state index contributed by atoms with van der Waals surface area (Å²) >= 11 is 0.